The van der Waals surface area contributed by atoms with Crippen molar-refractivity contribution in [3.8, 4) is 0 Å². The number of quaternary nitrogens is 1. The second kappa shape index (κ2) is 6.33. The predicted octanol–water partition coefficient (Wildman–Crippen LogP) is -6.88. The van der Waals surface area contributed by atoms with E-state index in [-0.39, 0.29) is 30.9 Å². The molecule has 0 aromatic carbocycles. The highest BCUT2D eigenvalue weighted by molar-refractivity contribution is 5.79. The summed E-state index contributed by atoms with van der Waals surface area (Å²) in [5, 5.41) is 6.74. The van der Waals surface area contributed by atoms with E-state index in [1.54, 1.807) is 0 Å². The lowest BCUT2D eigenvalue weighted by Gasteiger charge is -2.16. The highest BCUT2D eigenvalue weighted by atomic mass is 35.5. The third-order valence-electron chi connectivity index (χ3n) is 3.03. The number of fused-ring (bicyclic) bond motifs is 3. The summed E-state index contributed by atoms with van der Waals surface area (Å²) < 4.78 is 8.00. The molecule has 0 bridgehead atoms. The number of nitrogens with one attached hydrogen (secondary N) is 1. The SMILES string of the molecule is C[NH2+]CC1OCC[n+]2[nH]c3cnccc3c21.[Cl-].[Cl-]. The van der Waals surface area contributed by atoms with Gasteiger partial charge in [-0.05, 0) is 6.07 Å². The van der Waals surface area contributed by atoms with E-state index in [1.165, 1.54) is 11.1 Å². The molecule has 1 atom stereocenters. The Labute approximate surface area is 118 Å². The minimum atomic E-state index is 0. The molecule has 3 rings (SSSR count). The Kier molecular flexibility index (Phi) is 5.34. The van der Waals surface area contributed by atoms with Crippen LogP contribution in [0.15, 0.2) is 18.5 Å². The number of H-pyrrole nitrogens is 1. The summed E-state index contributed by atoms with van der Waals surface area (Å²) >= 11 is 0. The van der Waals surface area contributed by atoms with E-state index in [4.69, 9.17) is 4.74 Å². The minimum absolute atomic E-state index is 0. The highest BCUT2D eigenvalue weighted by Gasteiger charge is 2.33. The van der Waals surface area contributed by atoms with Gasteiger partial charge < -0.3 is 34.9 Å². The first-order chi connectivity index (χ1) is 7.90. The van der Waals surface area contributed by atoms with Crippen molar-refractivity contribution < 1.29 is 39.5 Å². The number of halogens is 2. The molecule has 2 aromatic rings. The molecule has 0 radical (unpaired) electrons. The van der Waals surface area contributed by atoms with Crippen molar-refractivity contribution in [2.75, 3.05) is 20.2 Å². The molecule has 100 valence electrons. The maximum atomic E-state index is 5.82. The van der Waals surface area contributed by atoms with E-state index >= 15 is 0 Å². The smallest absolute Gasteiger partial charge is 0.250 e. The number of nitrogens with two attached hydrogens (primary N) is 1. The highest BCUT2D eigenvalue weighted by Crippen LogP contribution is 2.23. The van der Waals surface area contributed by atoms with Crippen molar-refractivity contribution in [2.24, 2.45) is 0 Å². The van der Waals surface area contributed by atoms with Gasteiger partial charge in [-0.3, -0.25) is 4.98 Å². The number of hydrogen-bond donors (Lipinski definition) is 2. The number of nitrogens with zero attached hydrogens (tertiary/aromatic N) is 2. The van der Waals surface area contributed by atoms with Gasteiger partial charge in [0.15, 0.2) is 12.6 Å². The Hall–Kier alpha value is -0.880. The number of rotatable bonds is 2. The Morgan fingerprint density at radius 3 is 3.17 bits per heavy atom. The fourth-order valence-electron chi connectivity index (χ4n) is 2.34. The van der Waals surface area contributed by atoms with Crippen LogP contribution in [0.25, 0.3) is 10.9 Å². The molecule has 1 aliphatic heterocycles. The molecule has 0 fully saturated rings. The Morgan fingerprint density at radius 1 is 1.56 bits per heavy atom. The summed E-state index contributed by atoms with van der Waals surface area (Å²) in [5.74, 6) is 0. The number of aromatic amines is 1. The van der Waals surface area contributed by atoms with E-state index in [0.29, 0.717) is 0 Å². The first-order valence-electron chi connectivity index (χ1n) is 5.65. The minimum Gasteiger partial charge on any atom is -1.00 e. The molecule has 0 saturated carbocycles. The van der Waals surface area contributed by atoms with Gasteiger partial charge in [0, 0.05) is 6.20 Å². The predicted molar refractivity (Wildman–Crippen MR) is 57.7 cm³/mol. The summed E-state index contributed by atoms with van der Waals surface area (Å²) in [7, 11) is 2.07. The fourth-order valence-corrected chi connectivity index (χ4v) is 2.34. The van der Waals surface area contributed by atoms with Gasteiger partial charge in [-0.2, -0.15) is 5.10 Å². The van der Waals surface area contributed by atoms with Gasteiger partial charge in [-0.25, -0.2) is 0 Å². The summed E-state index contributed by atoms with van der Waals surface area (Å²) in [4.78, 5) is 4.13. The summed E-state index contributed by atoms with van der Waals surface area (Å²) in [5.41, 5.74) is 2.34. The third-order valence-corrected chi connectivity index (χ3v) is 3.03. The van der Waals surface area contributed by atoms with Crippen LogP contribution in [-0.4, -0.2) is 30.3 Å². The fraction of sp³-hybridized carbons (Fsp3) is 0.455. The van der Waals surface area contributed by atoms with Gasteiger partial charge in [0.05, 0.1) is 18.6 Å². The topological polar surface area (TPSA) is 58.4 Å². The zero-order valence-corrected chi connectivity index (χ0v) is 11.6. The van der Waals surface area contributed by atoms with Crippen molar-refractivity contribution in [2.45, 2.75) is 12.6 Å². The quantitative estimate of drug-likeness (QED) is 0.540. The monoisotopic (exact) mass is 290 g/mol. The molecule has 0 saturated heterocycles. The van der Waals surface area contributed by atoms with E-state index in [9.17, 15) is 0 Å². The van der Waals surface area contributed by atoms with Crippen LogP contribution >= 0.6 is 0 Å². The maximum Gasteiger partial charge on any atom is 0.250 e. The van der Waals surface area contributed by atoms with Gasteiger partial charge in [-0.1, -0.05) is 0 Å². The lowest BCUT2D eigenvalue weighted by Crippen LogP contribution is -3.00. The Balaban J connectivity index is 0.000000810. The molecule has 3 heterocycles. The number of ether oxygens (including phenoxy) is 1. The van der Waals surface area contributed by atoms with Crippen molar-refractivity contribution in [3.63, 3.8) is 0 Å². The van der Waals surface area contributed by atoms with Crippen LogP contribution in [0, 0.1) is 0 Å². The first kappa shape index (κ1) is 15.2. The van der Waals surface area contributed by atoms with Crippen molar-refractivity contribution in [1.82, 2.24) is 10.1 Å². The molecule has 0 aliphatic carbocycles. The molecule has 1 unspecified atom stereocenters. The molecule has 1 aliphatic rings. The molecule has 0 spiro atoms. The maximum absolute atomic E-state index is 5.82. The average Bonchev–Trinajstić information content (AvgIpc) is 2.68. The Morgan fingerprint density at radius 2 is 2.39 bits per heavy atom. The van der Waals surface area contributed by atoms with E-state index in [0.717, 1.165) is 25.2 Å². The molecule has 2 aromatic heterocycles. The second-order valence-electron chi connectivity index (χ2n) is 4.07. The summed E-state index contributed by atoms with van der Waals surface area (Å²) in [6.45, 7) is 2.62. The average molecular weight is 291 g/mol. The van der Waals surface area contributed by atoms with Crippen molar-refractivity contribution in [1.29, 1.82) is 0 Å². The summed E-state index contributed by atoms with van der Waals surface area (Å²) in [6.07, 6.45) is 3.88. The van der Waals surface area contributed by atoms with Crippen molar-refractivity contribution >= 4 is 10.9 Å². The zero-order chi connectivity index (χ0) is 11.0. The first-order valence-corrected chi connectivity index (χ1v) is 5.65. The molecular formula is C11H16Cl2N4O. The number of hydrogen-bond acceptors (Lipinski definition) is 2. The van der Waals surface area contributed by atoms with Crippen molar-refractivity contribution in [3.05, 3.63) is 24.2 Å². The number of aromatic nitrogens is 3. The Bertz CT molecular complexity index is 517. The van der Waals surface area contributed by atoms with Gasteiger partial charge in [0.25, 0.3) is 0 Å². The van der Waals surface area contributed by atoms with E-state index < -0.39 is 0 Å². The molecule has 0 amide bonds. The van der Waals surface area contributed by atoms with Crippen LogP contribution in [0.1, 0.15) is 11.8 Å². The van der Waals surface area contributed by atoms with Crippen LogP contribution in [0.3, 0.4) is 0 Å². The largest absolute Gasteiger partial charge is 1.00 e. The molecule has 18 heavy (non-hydrogen) atoms. The van der Waals surface area contributed by atoms with Gasteiger partial charge in [0.1, 0.15) is 18.7 Å². The molecule has 3 N–H and O–H groups in total. The van der Waals surface area contributed by atoms with Gasteiger partial charge >= 0.3 is 0 Å². The lowest BCUT2D eigenvalue weighted by atomic mass is 10.1. The van der Waals surface area contributed by atoms with E-state index in [2.05, 4.69) is 33.2 Å². The molecule has 5 nitrogen and oxygen atoms in total. The normalized spacial score (nSPS) is 17.7. The number of pyridine rings is 1. The van der Waals surface area contributed by atoms with E-state index in [1.807, 2.05) is 12.4 Å². The summed E-state index contributed by atoms with van der Waals surface area (Å²) in [6, 6.07) is 2.05. The van der Waals surface area contributed by atoms with Gasteiger partial charge in [0.2, 0.25) is 5.69 Å². The van der Waals surface area contributed by atoms with Gasteiger partial charge in [-0.15, -0.1) is 4.68 Å². The molecular weight excluding hydrogens is 275 g/mol. The standard InChI is InChI=1S/C11H14N4O.2ClH/c1-12-7-10-11-8-2-3-13-6-9(8)14-15(11)4-5-16-10;;/h2-3,6,10,12H,4-5,7H2,1H3;2*1H. The van der Waals surface area contributed by atoms with Crippen LogP contribution in [-0.2, 0) is 11.3 Å². The van der Waals surface area contributed by atoms with Crippen LogP contribution < -0.4 is 34.8 Å². The number of likely N-dealkylation sites (N-methyl/N-ethyl adjacent to an activating group) is 1. The van der Waals surface area contributed by atoms with Crippen LogP contribution in [0.2, 0.25) is 0 Å². The van der Waals surface area contributed by atoms with Crippen LogP contribution in [0.4, 0.5) is 0 Å². The van der Waals surface area contributed by atoms with Crippen LogP contribution in [0.5, 0.6) is 0 Å². The third kappa shape index (κ3) is 2.44. The molecule has 7 heteroatoms. The second-order valence-corrected chi connectivity index (χ2v) is 4.07. The lowest BCUT2D eigenvalue weighted by molar-refractivity contribution is -0.772. The zero-order valence-electron chi connectivity index (χ0n) is 10.1.